The van der Waals surface area contributed by atoms with Gasteiger partial charge in [0.15, 0.2) is 0 Å². The monoisotopic (exact) mass is 405 g/mol. The van der Waals surface area contributed by atoms with E-state index in [4.69, 9.17) is 0 Å². The predicted molar refractivity (Wildman–Crippen MR) is 92.7 cm³/mol. The van der Waals surface area contributed by atoms with Crippen LogP contribution in [0.3, 0.4) is 0 Å². The molecule has 2 aromatic rings. The van der Waals surface area contributed by atoms with E-state index in [0.717, 1.165) is 4.47 Å². The Morgan fingerprint density at radius 3 is 2.38 bits per heavy atom. The van der Waals surface area contributed by atoms with Crippen molar-refractivity contribution in [3.05, 3.63) is 69.0 Å². The number of carbonyl (C=O) groups is 1. The molecule has 0 radical (unpaired) electrons. The highest BCUT2D eigenvalue weighted by Gasteiger charge is 2.22. The Hall–Kier alpha value is -2.43. The molecule has 0 aliphatic heterocycles. The molecule has 0 atom stereocenters. The average Bonchev–Trinajstić information content (AvgIpc) is 2.59. The molecule has 0 unspecified atom stereocenters. The van der Waals surface area contributed by atoms with Crippen LogP contribution in [-0.4, -0.2) is 21.5 Å². The SMILES string of the molecule is COC(=O)c1ccccc1/C=C(\C#N)S(=O)(=O)c1ccc(Br)cc1. The Kier molecular flexibility index (Phi) is 5.54. The van der Waals surface area contributed by atoms with Gasteiger partial charge in [0.2, 0.25) is 9.84 Å². The first kappa shape index (κ1) is 17.9. The van der Waals surface area contributed by atoms with Gasteiger partial charge in [0.05, 0.1) is 17.6 Å². The maximum Gasteiger partial charge on any atom is 0.338 e. The number of nitriles is 1. The molecule has 122 valence electrons. The molecule has 5 nitrogen and oxygen atoms in total. The molecular weight excluding hydrogens is 394 g/mol. The Balaban J connectivity index is 2.57. The number of nitrogens with zero attached hydrogens (tertiary/aromatic N) is 1. The van der Waals surface area contributed by atoms with E-state index in [9.17, 15) is 18.5 Å². The van der Waals surface area contributed by atoms with Crippen molar-refractivity contribution in [1.82, 2.24) is 0 Å². The lowest BCUT2D eigenvalue weighted by atomic mass is 10.1. The average molecular weight is 406 g/mol. The molecular formula is C17H12BrNO4S. The van der Waals surface area contributed by atoms with Gasteiger partial charge in [0, 0.05) is 4.47 Å². The normalized spacial score (nSPS) is 11.6. The van der Waals surface area contributed by atoms with E-state index in [1.54, 1.807) is 36.4 Å². The lowest BCUT2D eigenvalue weighted by molar-refractivity contribution is 0.0600. The third kappa shape index (κ3) is 3.72. The van der Waals surface area contributed by atoms with Gasteiger partial charge >= 0.3 is 5.97 Å². The molecule has 0 heterocycles. The smallest absolute Gasteiger partial charge is 0.338 e. The molecule has 0 spiro atoms. The summed E-state index contributed by atoms with van der Waals surface area (Å²) in [5, 5.41) is 9.30. The highest BCUT2D eigenvalue weighted by Crippen LogP contribution is 2.24. The summed E-state index contributed by atoms with van der Waals surface area (Å²) in [5.41, 5.74) is 0.473. The zero-order valence-electron chi connectivity index (χ0n) is 12.6. The lowest BCUT2D eigenvalue weighted by Crippen LogP contribution is -2.06. The molecule has 0 aliphatic carbocycles. The maximum absolute atomic E-state index is 12.6. The van der Waals surface area contributed by atoms with Crippen molar-refractivity contribution in [2.45, 2.75) is 4.90 Å². The van der Waals surface area contributed by atoms with Crippen LogP contribution in [0.25, 0.3) is 6.08 Å². The second-order valence-electron chi connectivity index (χ2n) is 4.66. The molecule has 0 bridgehead atoms. The summed E-state index contributed by atoms with van der Waals surface area (Å²) in [6.07, 6.45) is 1.17. The van der Waals surface area contributed by atoms with Crippen LogP contribution in [0, 0.1) is 11.3 Å². The van der Waals surface area contributed by atoms with Gasteiger partial charge in [-0.25, -0.2) is 13.2 Å². The quantitative estimate of drug-likeness (QED) is 0.573. The first-order valence-corrected chi connectivity index (χ1v) is 8.97. The van der Waals surface area contributed by atoms with E-state index in [2.05, 4.69) is 20.7 Å². The maximum atomic E-state index is 12.6. The molecule has 0 saturated heterocycles. The fourth-order valence-corrected chi connectivity index (χ4v) is 3.39. The zero-order valence-corrected chi connectivity index (χ0v) is 15.0. The van der Waals surface area contributed by atoms with Crippen molar-refractivity contribution in [3.63, 3.8) is 0 Å². The van der Waals surface area contributed by atoms with Crippen molar-refractivity contribution >= 4 is 37.8 Å². The van der Waals surface area contributed by atoms with Gasteiger partial charge < -0.3 is 4.74 Å². The van der Waals surface area contributed by atoms with Gasteiger partial charge in [-0.3, -0.25) is 0 Å². The molecule has 2 aromatic carbocycles. The highest BCUT2D eigenvalue weighted by atomic mass is 79.9. The number of carbonyl (C=O) groups excluding carboxylic acids is 1. The van der Waals surface area contributed by atoms with E-state index >= 15 is 0 Å². The second-order valence-corrected chi connectivity index (χ2v) is 7.49. The molecule has 0 saturated carbocycles. The summed E-state index contributed by atoms with van der Waals surface area (Å²) in [6, 6.07) is 13.9. The third-order valence-corrected chi connectivity index (χ3v) is 5.39. The number of sulfone groups is 1. The Labute approximate surface area is 148 Å². The van der Waals surface area contributed by atoms with Gasteiger partial charge in [-0.15, -0.1) is 0 Å². The van der Waals surface area contributed by atoms with Crippen molar-refractivity contribution in [3.8, 4) is 6.07 Å². The third-order valence-electron chi connectivity index (χ3n) is 3.18. The van der Waals surface area contributed by atoms with Crippen molar-refractivity contribution in [1.29, 1.82) is 5.26 Å². The summed E-state index contributed by atoms with van der Waals surface area (Å²) < 4.78 is 30.6. The zero-order chi connectivity index (χ0) is 17.7. The summed E-state index contributed by atoms with van der Waals surface area (Å²) in [7, 11) is -2.76. The number of allylic oxidation sites excluding steroid dienone is 1. The second kappa shape index (κ2) is 7.43. The van der Waals surface area contributed by atoms with Gasteiger partial charge in [-0.1, -0.05) is 34.1 Å². The van der Waals surface area contributed by atoms with Gasteiger partial charge in [-0.2, -0.15) is 5.26 Å². The van der Waals surface area contributed by atoms with Crippen molar-refractivity contribution in [2.24, 2.45) is 0 Å². The first-order chi connectivity index (χ1) is 11.4. The van der Waals surface area contributed by atoms with Crippen LogP contribution in [0.2, 0.25) is 0 Å². The van der Waals surface area contributed by atoms with E-state index in [1.807, 2.05) is 0 Å². The molecule has 2 rings (SSSR count). The van der Waals surface area contributed by atoms with E-state index < -0.39 is 20.7 Å². The van der Waals surface area contributed by atoms with Crippen LogP contribution < -0.4 is 0 Å². The Bertz CT molecular complexity index is 941. The molecule has 0 aliphatic rings. The van der Waals surface area contributed by atoms with Crippen LogP contribution in [0.15, 0.2) is 62.8 Å². The minimum atomic E-state index is -3.99. The molecule has 24 heavy (non-hydrogen) atoms. The number of hydrogen-bond donors (Lipinski definition) is 0. The number of benzene rings is 2. The molecule has 0 N–H and O–H groups in total. The van der Waals surface area contributed by atoms with Crippen LogP contribution >= 0.6 is 15.9 Å². The number of rotatable bonds is 4. The first-order valence-electron chi connectivity index (χ1n) is 6.70. The van der Waals surface area contributed by atoms with E-state index in [1.165, 1.54) is 31.4 Å². The van der Waals surface area contributed by atoms with E-state index in [-0.39, 0.29) is 10.5 Å². The minimum Gasteiger partial charge on any atom is -0.465 e. The minimum absolute atomic E-state index is 0.00551. The van der Waals surface area contributed by atoms with Gasteiger partial charge in [-0.05, 0) is 42.0 Å². The highest BCUT2D eigenvalue weighted by molar-refractivity contribution is 9.10. The fraction of sp³-hybridized carbons (Fsp3) is 0.0588. The summed E-state index contributed by atoms with van der Waals surface area (Å²) >= 11 is 3.23. The molecule has 0 fully saturated rings. The number of ether oxygens (including phenoxy) is 1. The molecule has 7 heteroatoms. The number of methoxy groups -OCH3 is 1. The van der Waals surface area contributed by atoms with Gasteiger partial charge in [0.25, 0.3) is 0 Å². The number of hydrogen-bond acceptors (Lipinski definition) is 5. The Morgan fingerprint density at radius 2 is 1.79 bits per heavy atom. The van der Waals surface area contributed by atoms with Crippen molar-refractivity contribution in [2.75, 3.05) is 7.11 Å². The summed E-state index contributed by atoms with van der Waals surface area (Å²) in [6.45, 7) is 0. The largest absolute Gasteiger partial charge is 0.465 e. The van der Waals surface area contributed by atoms with Crippen LogP contribution in [0.1, 0.15) is 15.9 Å². The van der Waals surface area contributed by atoms with Crippen LogP contribution in [-0.2, 0) is 14.6 Å². The van der Waals surface area contributed by atoms with Crippen LogP contribution in [0.4, 0.5) is 0 Å². The lowest BCUT2D eigenvalue weighted by Gasteiger charge is -2.06. The summed E-state index contributed by atoms with van der Waals surface area (Å²) in [5.74, 6) is -0.611. The number of halogens is 1. The van der Waals surface area contributed by atoms with Crippen LogP contribution in [0.5, 0.6) is 0 Å². The Morgan fingerprint density at radius 1 is 1.17 bits per heavy atom. The molecule has 0 amide bonds. The van der Waals surface area contributed by atoms with Crippen molar-refractivity contribution < 1.29 is 17.9 Å². The van der Waals surface area contributed by atoms with Gasteiger partial charge in [0.1, 0.15) is 11.0 Å². The topological polar surface area (TPSA) is 84.2 Å². The number of esters is 1. The standard InChI is InChI=1S/C17H12BrNO4S/c1-23-17(20)16-5-3-2-4-12(16)10-15(11-19)24(21,22)14-8-6-13(18)7-9-14/h2-10H,1H3/b15-10+. The molecule has 0 aromatic heterocycles. The predicted octanol–water partition coefficient (Wildman–Crippen LogP) is 3.57. The fourth-order valence-electron chi connectivity index (χ4n) is 1.97. The summed E-state index contributed by atoms with van der Waals surface area (Å²) in [4.78, 5) is 11.3. The van der Waals surface area contributed by atoms with E-state index in [0.29, 0.717) is 5.56 Å².